The van der Waals surface area contributed by atoms with Gasteiger partial charge in [-0.25, -0.2) is 0 Å². The molecule has 22 heavy (non-hydrogen) atoms. The van der Waals surface area contributed by atoms with E-state index in [2.05, 4.69) is 6.92 Å². The molecule has 0 aliphatic heterocycles. The molecule has 1 aromatic rings. The molecule has 1 rings (SSSR count). The summed E-state index contributed by atoms with van der Waals surface area (Å²) in [5, 5.41) is 0. The van der Waals surface area contributed by atoms with E-state index in [1.807, 2.05) is 25.1 Å². The van der Waals surface area contributed by atoms with Gasteiger partial charge in [0.05, 0.1) is 19.8 Å². The summed E-state index contributed by atoms with van der Waals surface area (Å²) in [6.45, 7) is 7.69. The van der Waals surface area contributed by atoms with E-state index in [1.165, 1.54) is 0 Å². The van der Waals surface area contributed by atoms with Crippen LogP contribution < -0.4 is 15.2 Å². The fraction of sp³-hybridized carbons (Fsp3) is 0.588. The maximum absolute atomic E-state index is 12.1. The van der Waals surface area contributed by atoms with Crippen molar-refractivity contribution in [2.45, 2.75) is 46.2 Å². The van der Waals surface area contributed by atoms with Crippen molar-refractivity contribution in [1.29, 1.82) is 0 Å². The van der Waals surface area contributed by atoms with E-state index < -0.39 is 6.04 Å². The average molecular weight is 308 g/mol. The minimum atomic E-state index is -0.486. The van der Waals surface area contributed by atoms with Gasteiger partial charge in [0.15, 0.2) is 11.5 Å². The Labute approximate surface area is 133 Å². The van der Waals surface area contributed by atoms with Crippen LogP contribution in [-0.4, -0.2) is 37.1 Å². The zero-order valence-corrected chi connectivity index (χ0v) is 14.1. The largest absolute Gasteiger partial charge is 0.493 e. The summed E-state index contributed by atoms with van der Waals surface area (Å²) >= 11 is 0. The number of ether oxygens (including phenoxy) is 2. The van der Waals surface area contributed by atoms with E-state index in [0.29, 0.717) is 25.4 Å². The van der Waals surface area contributed by atoms with Gasteiger partial charge in [-0.2, -0.15) is 0 Å². The zero-order valence-electron chi connectivity index (χ0n) is 14.1. The standard InChI is InChI=1S/C17H28N2O3/c1-5-9-19(17(20)13(3)18)12-14-7-8-15(22-10-6-2)16(11-14)21-4/h7-8,11,13H,5-6,9-10,12,18H2,1-4H3/t13-/m0/s1. The predicted molar refractivity (Wildman–Crippen MR) is 88.1 cm³/mol. The Morgan fingerprint density at radius 2 is 2.00 bits per heavy atom. The van der Waals surface area contributed by atoms with Gasteiger partial charge in [-0.1, -0.05) is 19.9 Å². The molecule has 0 radical (unpaired) electrons. The highest BCUT2D eigenvalue weighted by molar-refractivity contribution is 5.81. The lowest BCUT2D eigenvalue weighted by Gasteiger charge is -2.24. The van der Waals surface area contributed by atoms with E-state index in [4.69, 9.17) is 15.2 Å². The van der Waals surface area contributed by atoms with Crippen molar-refractivity contribution in [2.24, 2.45) is 5.73 Å². The van der Waals surface area contributed by atoms with Gasteiger partial charge < -0.3 is 20.1 Å². The minimum Gasteiger partial charge on any atom is -0.493 e. The molecule has 0 spiro atoms. The maximum atomic E-state index is 12.1. The second kappa shape index (κ2) is 9.30. The van der Waals surface area contributed by atoms with Gasteiger partial charge >= 0.3 is 0 Å². The molecule has 5 nitrogen and oxygen atoms in total. The van der Waals surface area contributed by atoms with Crippen LogP contribution in [0.15, 0.2) is 18.2 Å². The molecular weight excluding hydrogens is 280 g/mol. The molecule has 0 unspecified atom stereocenters. The van der Waals surface area contributed by atoms with Crippen LogP contribution in [0.25, 0.3) is 0 Å². The zero-order chi connectivity index (χ0) is 16.5. The lowest BCUT2D eigenvalue weighted by molar-refractivity contribution is -0.132. The summed E-state index contributed by atoms with van der Waals surface area (Å²) in [5.74, 6) is 1.39. The number of methoxy groups -OCH3 is 1. The molecule has 2 N–H and O–H groups in total. The molecule has 0 fully saturated rings. The SMILES string of the molecule is CCCOc1ccc(CN(CCC)C(=O)[C@H](C)N)cc1OC. The number of benzene rings is 1. The first-order chi connectivity index (χ1) is 10.5. The van der Waals surface area contributed by atoms with Gasteiger partial charge in [0.25, 0.3) is 0 Å². The number of rotatable bonds is 9. The first kappa shape index (κ1) is 18.3. The van der Waals surface area contributed by atoms with Crippen LogP contribution >= 0.6 is 0 Å². The van der Waals surface area contributed by atoms with Gasteiger partial charge in [-0.3, -0.25) is 4.79 Å². The monoisotopic (exact) mass is 308 g/mol. The van der Waals surface area contributed by atoms with Crippen LogP contribution in [0.2, 0.25) is 0 Å². The van der Waals surface area contributed by atoms with E-state index in [-0.39, 0.29) is 5.91 Å². The molecule has 0 aliphatic carbocycles. The van der Waals surface area contributed by atoms with Crippen molar-refractivity contribution >= 4 is 5.91 Å². The van der Waals surface area contributed by atoms with E-state index in [1.54, 1.807) is 18.9 Å². The number of hydrogen-bond acceptors (Lipinski definition) is 4. The Morgan fingerprint density at radius 3 is 2.55 bits per heavy atom. The fourth-order valence-electron chi connectivity index (χ4n) is 2.19. The second-order valence-electron chi connectivity index (χ2n) is 5.38. The third-order valence-corrected chi connectivity index (χ3v) is 3.26. The van der Waals surface area contributed by atoms with Gasteiger partial charge in [-0.15, -0.1) is 0 Å². The first-order valence-corrected chi connectivity index (χ1v) is 7.87. The Kier molecular flexibility index (Phi) is 7.74. The number of nitrogens with zero attached hydrogens (tertiary/aromatic N) is 1. The van der Waals surface area contributed by atoms with Crippen molar-refractivity contribution in [2.75, 3.05) is 20.3 Å². The topological polar surface area (TPSA) is 64.8 Å². The van der Waals surface area contributed by atoms with Crippen LogP contribution in [0.1, 0.15) is 39.2 Å². The highest BCUT2D eigenvalue weighted by atomic mass is 16.5. The molecule has 5 heteroatoms. The number of carbonyl (C=O) groups is 1. The van der Waals surface area contributed by atoms with Gasteiger partial charge in [-0.05, 0) is 37.5 Å². The second-order valence-corrected chi connectivity index (χ2v) is 5.38. The number of hydrogen-bond donors (Lipinski definition) is 1. The number of carbonyl (C=O) groups excluding carboxylic acids is 1. The first-order valence-electron chi connectivity index (χ1n) is 7.87. The molecule has 1 amide bonds. The average Bonchev–Trinajstić information content (AvgIpc) is 2.52. The van der Waals surface area contributed by atoms with Crippen LogP contribution in [-0.2, 0) is 11.3 Å². The van der Waals surface area contributed by atoms with Gasteiger partial charge in [0, 0.05) is 13.1 Å². The molecule has 0 heterocycles. The quantitative estimate of drug-likeness (QED) is 0.761. The van der Waals surface area contributed by atoms with Crippen molar-refractivity contribution in [3.05, 3.63) is 23.8 Å². The normalized spacial score (nSPS) is 11.9. The lowest BCUT2D eigenvalue weighted by Crippen LogP contribution is -2.42. The third kappa shape index (κ3) is 5.22. The number of amides is 1. The highest BCUT2D eigenvalue weighted by Gasteiger charge is 2.17. The Balaban J connectivity index is 2.88. The van der Waals surface area contributed by atoms with E-state index >= 15 is 0 Å². The molecule has 0 saturated heterocycles. The molecule has 0 aromatic heterocycles. The van der Waals surface area contributed by atoms with Crippen LogP contribution in [0, 0.1) is 0 Å². The summed E-state index contributed by atoms with van der Waals surface area (Å²) in [4.78, 5) is 13.9. The molecule has 1 aromatic carbocycles. The van der Waals surface area contributed by atoms with Crippen molar-refractivity contribution < 1.29 is 14.3 Å². The summed E-state index contributed by atoms with van der Waals surface area (Å²) in [5.41, 5.74) is 6.72. The Hall–Kier alpha value is -1.75. The fourth-order valence-corrected chi connectivity index (χ4v) is 2.19. The Morgan fingerprint density at radius 1 is 1.27 bits per heavy atom. The van der Waals surface area contributed by atoms with Crippen LogP contribution in [0.5, 0.6) is 11.5 Å². The summed E-state index contributed by atoms with van der Waals surface area (Å²) in [6, 6.07) is 5.29. The third-order valence-electron chi connectivity index (χ3n) is 3.26. The maximum Gasteiger partial charge on any atom is 0.239 e. The summed E-state index contributed by atoms with van der Waals surface area (Å²) in [7, 11) is 1.62. The summed E-state index contributed by atoms with van der Waals surface area (Å²) < 4.78 is 11.0. The molecule has 0 bridgehead atoms. The van der Waals surface area contributed by atoms with E-state index in [0.717, 1.165) is 24.2 Å². The molecule has 0 aliphatic rings. The number of nitrogens with two attached hydrogens (primary N) is 1. The van der Waals surface area contributed by atoms with Crippen LogP contribution in [0.3, 0.4) is 0 Å². The lowest BCUT2D eigenvalue weighted by atomic mass is 10.1. The molecular formula is C17H28N2O3. The van der Waals surface area contributed by atoms with E-state index in [9.17, 15) is 4.79 Å². The van der Waals surface area contributed by atoms with Crippen LogP contribution in [0.4, 0.5) is 0 Å². The van der Waals surface area contributed by atoms with Gasteiger partial charge in [0.2, 0.25) is 5.91 Å². The van der Waals surface area contributed by atoms with Crippen molar-refractivity contribution in [1.82, 2.24) is 4.90 Å². The summed E-state index contributed by atoms with van der Waals surface area (Å²) in [6.07, 6.45) is 1.84. The Bertz CT molecular complexity index is 475. The predicted octanol–water partition coefficient (Wildman–Crippen LogP) is 2.57. The smallest absolute Gasteiger partial charge is 0.239 e. The van der Waals surface area contributed by atoms with Crippen molar-refractivity contribution in [3.63, 3.8) is 0 Å². The molecule has 1 atom stereocenters. The molecule has 124 valence electrons. The highest BCUT2D eigenvalue weighted by Crippen LogP contribution is 2.28. The minimum absolute atomic E-state index is 0.0351. The van der Waals surface area contributed by atoms with Crippen molar-refractivity contribution in [3.8, 4) is 11.5 Å². The molecule has 0 saturated carbocycles. The van der Waals surface area contributed by atoms with Gasteiger partial charge in [0.1, 0.15) is 0 Å².